The lowest BCUT2D eigenvalue weighted by atomic mass is 9.92. The van der Waals surface area contributed by atoms with E-state index in [1.165, 1.54) is 11.6 Å². The second-order valence-electron chi connectivity index (χ2n) is 7.57. The lowest BCUT2D eigenvalue weighted by molar-refractivity contribution is -0.0506. The number of nitrogens with zero attached hydrogens (tertiary/aromatic N) is 2. The maximum atomic E-state index is 14.0. The van der Waals surface area contributed by atoms with Crippen LogP contribution in [0.15, 0.2) is 29.3 Å². The van der Waals surface area contributed by atoms with Crippen LogP contribution < -0.4 is 5.73 Å². The fourth-order valence-electron chi connectivity index (χ4n) is 4.41. The number of nitrogens with two attached hydrogens (primary N) is 1. The summed E-state index contributed by atoms with van der Waals surface area (Å²) in [6.45, 7) is 4.63. The van der Waals surface area contributed by atoms with Crippen LogP contribution in [0, 0.1) is 11.6 Å². The summed E-state index contributed by atoms with van der Waals surface area (Å²) >= 11 is 0. The average molecular weight is 349 g/mol. The van der Waals surface area contributed by atoms with Crippen molar-refractivity contribution < 1.29 is 13.5 Å². The molecule has 25 heavy (non-hydrogen) atoms. The molecule has 2 N–H and O–H groups in total. The van der Waals surface area contributed by atoms with Crippen LogP contribution in [0.25, 0.3) is 0 Å². The zero-order valence-electron chi connectivity index (χ0n) is 14.5. The van der Waals surface area contributed by atoms with Gasteiger partial charge >= 0.3 is 0 Å². The highest BCUT2D eigenvalue weighted by Gasteiger charge is 2.36. The molecule has 1 aromatic carbocycles. The minimum atomic E-state index is -0.580. The molecule has 0 saturated carbocycles. The predicted molar refractivity (Wildman–Crippen MR) is 92.1 cm³/mol. The molecule has 0 amide bonds. The zero-order valence-corrected chi connectivity index (χ0v) is 14.5. The van der Waals surface area contributed by atoms with Gasteiger partial charge in [-0.25, -0.2) is 8.78 Å². The Bertz CT molecular complexity index is 693. The SMILES string of the molecule is CN1CC2=C(C1)CN(C1COC(c3cc(F)ccc3F)C(N)C1)CC2. The van der Waals surface area contributed by atoms with E-state index in [0.717, 1.165) is 51.2 Å². The molecule has 1 fully saturated rings. The highest BCUT2D eigenvalue weighted by molar-refractivity contribution is 5.27. The molecular formula is C19H25F2N3O. The van der Waals surface area contributed by atoms with Crippen molar-refractivity contribution in [2.75, 3.05) is 39.8 Å². The Hall–Kier alpha value is -1.34. The van der Waals surface area contributed by atoms with Crippen molar-refractivity contribution in [2.45, 2.75) is 31.0 Å². The molecule has 3 aliphatic heterocycles. The van der Waals surface area contributed by atoms with Crippen molar-refractivity contribution in [1.82, 2.24) is 9.80 Å². The van der Waals surface area contributed by atoms with Gasteiger partial charge in [0.15, 0.2) is 0 Å². The smallest absolute Gasteiger partial charge is 0.129 e. The van der Waals surface area contributed by atoms with Crippen LogP contribution in [0.3, 0.4) is 0 Å². The lowest BCUT2D eigenvalue weighted by Crippen LogP contribution is -2.51. The molecule has 4 nitrogen and oxygen atoms in total. The standard InChI is InChI=1S/C19H25F2N3O/c1-23-8-12-4-5-24(10-13(12)9-23)15-7-18(22)19(25-11-15)16-6-14(20)2-3-17(16)21/h2-3,6,15,18-19H,4-5,7-11,22H2,1H3. The largest absolute Gasteiger partial charge is 0.370 e. The van der Waals surface area contributed by atoms with Gasteiger partial charge in [0.1, 0.15) is 17.7 Å². The Morgan fingerprint density at radius 1 is 1.16 bits per heavy atom. The van der Waals surface area contributed by atoms with Crippen molar-refractivity contribution in [3.05, 3.63) is 46.5 Å². The first-order valence-corrected chi connectivity index (χ1v) is 8.95. The topological polar surface area (TPSA) is 41.7 Å². The molecule has 136 valence electrons. The summed E-state index contributed by atoms with van der Waals surface area (Å²) in [5.41, 5.74) is 9.63. The van der Waals surface area contributed by atoms with E-state index in [0.29, 0.717) is 6.61 Å². The molecule has 0 spiro atoms. The number of benzene rings is 1. The maximum Gasteiger partial charge on any atom is 0.129 e. The summed E-state index contributed by atoms with van der Waals surface area (Å²) in [6.07, 6.45) is 1.26. The van der Waals surface area contributed by atoms with Crippen molar-refractivity contribution in [3.63, 3.8) is 0 Å². The summed E-state index contributed by atoms with van der Waals surface area (Å²) < 4.78 is 33.4. The molecule has 0 aromatic heterocycles. The van der Waals surface area contributed by atoms with Crippen LogP contribution in [-0.4, -0.2) is 61.7 Å². The maximum absolute atomic E-state index is 14.0. The minimum Gasteiger partial charge on any atom is -0.370 e. The Labute approximate surface area is 147 Å². The minimum absolute atomic E-state index is 0.229. The summed E-state index contributed by atoms with van der Waals surface area (Å²) in [4.78, 5) is 4.79. The van der Waals surface area contributed by atoms with Crippen molar-refractivity contribution >= 4 is 0 Å². The van der Waals surface area contributed by atoms with Crippen LogP contribution in [0.4, 0.5) is 8.78 Å². The summed E-state index contributed by atoms with van der Waals surface area (Å²) in [5, 5.41) is 0. The van der Waals surface area contributed by atoms with E-state index >= 15 is 0 Å². The molecule has 0 bridgehead atoms. The Balaban J connectivity index is 1.43. The number of halogens is 2. The fourth-order valence-corrected chi connectivity index (χ4v) is 4.41. The van der Waals surface area contributed by atoms with E-state index in [-0.39, 0.29) is 17.6 Å². The van der Waals surface area contributed by atoms with Gasteiger partial charge in [-0.15, -0.1) is 0 Å². The molecule has 6 heteroatoms. The number of hydrogen-bond acceptors (Lipinski definition) is 4. The average Bonchev–Trinajstić information content (AvgIpc) is 2.96. The fraction of sp³-hybridized carbons (Fsp3) is 0.579. The molecule has 3 atom stereocenters. The van der Waals surface area contributed by atoms with Gasteiger partial charge in [0.25, 0.3) is 0 Å². The van der Waals surface area contributed by atoms with Gasteiger partial charge in [0.05, 0.1) is 6.61 Å². The first-order valence-electron chi connectivity index (χ1n) is 8.95. The Morgan fingerprint density at radius 2 is 1.96 bits per heavy atom. The highest BCUT2D eigenvalue weighted by atomic mass is 19.1. The summed E-state index contributed by atoms with van der Waals surface area (Å²) in [7, 11) is 2.15. The molecular weight excluding hydrogens is 324 g/mol. The first kappa shape index (κ1) is 17.1. The third kappa shape index (κ3) is 3.36. The van der Waals surface area contributed by atoms with Gasteiger partial charge in [0.2, 0.25) is 0 Å². The highest BCUT2D eigenvalue weighted by Crippen LogP contribution is 2.33. The second kappa shape index (κ2) is 6.76. The third-order valence-electron chi connectivity index (χ3n) is 5.70. The van der Waals surface area contributed by atoms with E-state index in [2.05, 4.69) is 16.8 Å². The van der Waals surface area contributed by atoms with Gasteiger partial charge in [0, 0.05) is 43.8 Å². The van der Waals surface area contributed by atoms with Crippen LogP contribution in [0.1, 0.15) is 24.5 Å². The van der Waals surface area contributed by atoms with Gasteiger partial charge in [-0.3, -0.25) is 9.80 Å². The normalized spacial score (nSPS) is 31.4. The Kier molecular flexibility index (Phi) is 4.62. The molecule has 1 saturated heterocycles. The van der Waals surface area contributed by atoms with E-state index in [1.54, 1.807) is 5.57 Å². The van der Waals surface area contributed by atoms with E-state index in [1.807, 2.05) is 0 Å². The molecule has 0 radical (unpaired) electrons. The monoisotopic (exact) mass is 349 g/mol. The number of rotatable bonds is 2. The molecule has 1 aromatic rings. The van der Waals surface area contributed by atoms with Crippen LogP contribution in [-0.2, 0) is 4.74 Å². The van der Waals surface area contributed by atoms with Crippen LogP contribution >= 0.6 is 0 Å². The van der Waals surface area contributed by atoms with Crippen molar-refractivity contribution in [1.29, 1.82) is 0 Å². The van der Waals surface area contributed by atoms with Crippen LogP contribution in [0.2, 0.25) is 0 Å². The molecule has 0 aliphatic carbocycles. The number of hydrogen-bond donors (Lipinski definition) is 1. The third-order valence-corrected chi connectivity index (χ3v) is 5.70. The van der Waals surface area contributed by atoms with Gasteiger partial charge in [-0.05, 0) is 43.7 Å². The summed E-state index contributed by atoms with van der Waals surface area (Å²) in [6, 6.07) is 3.36. The van der Waals surface area contributed by atoms with E-state index < -0.39 is 17.7 Å². The predicted octanol–water partition coefficient (Wildman–Crippen LogP) is 2.07. The Morgan fingerprint density at radius 3 is 2.76 bits per heavy atom. The second-order valence-corrected chi connectivity index (χ2v) is 7.57. The quantitative estimate of drug-likeness (QED) is 0.830. The first-order chi connectivity index (χ1) is 12.0. The molecule has 3 heterocycles. The van der Waals surface area contributed by atoms with Gasteiger partial charge < -0.3 is 10.5 Å². The van der Waals surface area contributed by atoms with Gasteiger partial charge in [-0.1, -0.05) is 5.57 Å². The molecule has 4 rings (SSSR count). The van der Waals surface area contributed by atoms with E-state index in [9.17, 15) is 8.78 Å². The summed E-state index contributed by atoms with van der Waals surface area (Å²) in [5.74, 6) is -0.919. The molecule has 3 aliphatic rings. The van der Waals surface area contributed by atoms with E-state index in [4.69, 9.17) is 10.5 Å². The van der Waals surface area contributed by atoms with Crippen molar-refractivity contribution in [2.24, 2.45) is 5.73 Å². The van der Waals surface area contributed by atoms with Crippen molar-refractivity contribution in [3.8, 4) is 0 Å². The van der Waals surface area contributed by atoms with Gasteiger partial charge in [-0.2, -0.15) is 0 Å². The lowest BCUT2D eigenvalue weighted by Gasteiger charge is -2.42. The number of likely N-dealkylation sites (N-methyl/N-ethyl adjacent to an activating group) is 1. The number of ether oxygens (including phenoxy) is 1. The zero-order chi connectivity index (χ0) is 17.6. The molecule has 3 unspecified atom stereocenters. The van der Waals surface area contributed by atoms with Crippen LogP contribution in [0.5, 0.6) is 0 Å².